The molecule has 5 aliphatic rings. The fraction of sp³-hybridized carbons (Fsp3) is 0.818. The molecule has 5 aliphatic carbocycles. The Morgan fingerprint density at radius 2 is 1.23 bits per heavy atom. The Balaban J connectivity index is 1.92. The van der Waals surface area contributed by atoms with Crippen LogP contribution in [0.5, 0.6) is 0 Å². The van der Waals surface area contributed by atoms with Crippen LogP contribution in [-0.2, 0) is 9.59 Å². The highest BCUT2D eigenvalue weighted by Crippen LogP contribution is 2.80. The van der Waals surface area contributed by atoms with E-state index in [1.54, 1.807) is 0 Å². The van der Waals surface area contributed by atoms with E-state index >= 15 is 0 Å². The average molecular weight is 174 g/mol. The monoisotopic (exact) mass is 174 g/mol. The van der Waals surface area contributed by atoms with Gasteiger partial charge in [-0.15, -0.1) is 0 Å². The number of carbonyl (C=O) groups is 2. The molecule has 0 N–H and O–H groups in total. The number of carbonyl (C=O) groups excluding carboxylic acids is 2. The van der Waals surface area contributed by atoms with Crippen LogP contribution >= 0.6 is 0 Å². The van der Waals surface area contributed by atoms with E-state index in [9.17, 15) is 9.59 Å². The van der Waals surface area contributed by atoms with Crippen LogP contribution in [0.25, 0.3) is 0 Å². The van der Waals surface area contributed by atoms with Crippen LogP contribution in [0.3, 0.4) is 0 Å². The molecule has 66 valence electrons. The molecule has 5 saturated carbocycles. The van der Waals surface area contributed by atoms with Crippen molar-refractivity contribution in [3.8, 4) is 0 Å². The van der Waals surface area contributed by atoms with Crippen molar-refractivity contribution in [1.82, 2.24) is 0 Å². The molecule has 0 unspecified atom stereocenters. The van der Waals surface area contributed by atoms with Crippen LogP contribution in [-0.4, -0.2) is 11.6 Å². The maximum Gasteiger partial charge on any atom is 0.141 e. The lowest BCUT2D eigenvalue weighted by molar-refractivity contribution is -0.145. The molecule has 0 amide bonds. The number of Topliss-reactive ketones (excluding diaryl/α,β-unsaturated/α-hetero) is 2. The maximum absolute atomic E-state index is 11.9. The van der Waals surface area contributed by atoms with Gasteiger partial charge in [0.2, 0.25) is 0 Å². The van der Waals surface area contributed by atoms with E-state index in [0.29, 0.717) is 35.2 Å². The molecule has 0 spiro atoms. The van der Waals surface area contributed by atoms with Gasteiger partial charge in [0.1, 0.15) is 11.6 Å². The van der Waals surface area contributed by atoms with Gasteiger partial charge in [0.15, 0.2) is 0 Å². The van der Waals surface area contributed by atoms with Crippen molar-refractivity contribution >= 4 is 11.6 Å². The van der Waals surface area contributed by atoms with Gasteiger partial charge in [-0.3, -0.25) is 9.59 Å². The fourth-order valence-electron chi connectivity index (χ4n) is 5.80. The minimum Gasteiger partial charge on any atom is -0.299 e. The van der Waals surface area contributed by atoms with Gasteiger partial charge in [-0.05, 0) is 30.1 Å². The summed E-state index contributed by atoms with van der Waals surface area (Å²) in [5, 5.41) is 0. The van der Waals surface area contributed by atoms with E-state index in [0.717, 1.165) is 0 Å². The van der Waals surface area contributed by atoms with Gasteiger partial charge < -0.3 is 0 Å². The van der Waals surface area contributed by atoms with Crippen molar-refractivity contribution in [3.05, 3.63) is 0 Å². The molecule has 2 bridgehead atoms. The normalized spacial score (nSPS) is 74.2. The highest BCUT2D eigenvalue weighted by Gasteiger charge is 2.84. The number of ketones is 2. The standard InChI is InChI=1S/C11H10O2/c12-10-6-2-1-3-5-4(2)8(10)9(5)11(13)7(3)6/h2-9H,1H2/t2-,3-,4+,5+,6-,7-,8-,9+/m1/s1. The van der Waals surface area contributed by atoms with E-state index in [4.69, 9.17) is 0 Å². The first-order valence-electron chi connectivity index (χ1n) is 5.38. The Hall–Kier alpha value is -0.660. The van der Waals surface area contributed by atoms with Gasteiger partial charge in [0, 0.05) is 23.7 Å². The van der Waals surface area contributed by atoms with E-state index in [2.05, 4.69) is 0 Å². The minimum atomic E-state index is 0.211. The second-order valence-electron chi connectivity index (χ2n) is 5.63. The summed E-state index contributed by atoms with van der Waals surface area (Å²) in [7, 11) is 0. The topological polar surface area (TPSA) is 34.1 Å². The average Bonchev–Trinajstić information content (AvgIpc) is 2.52. The zero-order chi connectivity index (χ0) is 8.48. The number of hydrogen-bond donors (Lipinski definition) is 0. The molecule has 0 aromatic carbocycles. The first-order chi connectivity index (χ1) is 6.30. The Bertz CT molecular complexity index is 346. The summed E-state index contributed by atoms with van der Waals surface area (Å²) in [6.45, 7) is 0. The minimum absolute atomic E-state index is 0.211. The third kappa shape index (κ3) is 0.323. The molecular formula is C11H10O2. The van der Waals surface area contributed by atoms with Crippen LogP contribution in [0.4, 0.5) is 0 Å². The fourth-order valence-corrected chi connectivity index (χ4v) is 5.80. The van der Waals surface area contributed by atoms with Gasteiger partial charge in [-0.2, -0.15) is 0 Å². The summed E-state index contributed by atoms with van der Waals surface area (Å²) in [4.78, 5) is 23.8. The molecule has 2 nitrogen and oxygen atoms in total. The second kappa shape index (κ2) is 1.32. The molecule has 0 radical (unpaired) electrons. The molecule has 0 aliphatic heterocycles. The third-order valence-corrected chi connectivity index (χ3v) is 5.82. The zero-order valence-corrected chi connectivity index (χ0v) is 7.14. The van der Waals surface area contributed by atoms with E-state index in [1.807, 2.05) is 0 Å². The number of fused-ring (bicyclic) bond motifs is 2. The molecule has 5 rings (SSSR count). The molecule has 5 fully saturated rings. The number of rotatable bonds is 0. The second-order valence-corrected chi connectivity index (χ2v) is 5.63. The van der Waals surface area contributed by atoms with E-state index in [1.165, 1.54) is 6.42 Å². The van der Waals surface area contributed by atoms with Crippen LogP contribution < -0.4 is 0 Å². The van der Waals surface area contributed by atoms with Crippen LogP contribution in [0, 0.1) is 47.3 Å². The predicted octanol–water partition coefficient (Wildman–Crippen LogP) is 0.512. The van der Waals surface area contributed by atoms with Gasteiger partial charge in [-0.1, -0.05) is 0 Å². The summed E-state index contributed by atoms with van der Waals surface area (Å²) >= 11 is 0. The van der Waals surface area contributed by atoms with E-state index < -0.39 is 0 Å². The summed E-state index contributed by atoms with van der Waals surface area (Å²) in [5.74, 6) is 4.49. The van der Waals surface area contributed by atoms with Gasteiger partial charge in [-0.25, -0.2) is 0 Å². The lowest BCUT2D eigenvalue weighted by Gasteiger charge is -2.42. The van der Waals surface area contributed by atoms with Crippen molar-refractivity contribution in [1.29, 1.82) is 0 Å². The van der Waals surface area contributed by atoms with Crippen molar-refractivity contribution in [2.75, 3.05) is 0 Å². The summed E-state index contributed by atoms with van der Waals surface area (Å²) in [6.07, 6.45) is 1.22. The Morgan fingerprint density at radius 3 is 1.69 bits per heavy atom. The highest BCUT2D eigenvalue weighted by atomic mass is 16.1. The van der Waals surface area contributed by atoms with Crippen molar-refractivity contribution in [3.63, 3.8) is 0 Å². The third-order valence-electron chi connectivity index (χ3n) is 5.82. The summed E-state index contributed by atoms with van der Waals surface area (Å²) < 4.78 is 0. The lowest BCUT2D eigenvalue weighted by Crippen LogP contribution is -2.47. The largest absolute Gasteiger partial charge is 0.299 e. The summed E-state index contributed by atoms with van der Waals surface area (Å²) in [6, 6.07) is 0. The molecule has 13 heavy (non-hydrogen) atoms. The zero-order valence-electron chi connectivity index (χ0n) is 7.14. The maximum atomic E-state index is 11.9. The SMILES string of the molecule is O=C1[C@@H]2[C@@H]3C[C@H]4[C@H]2C(=O)[C@H]2[C@@H]1[C@@H]3[C@H]42. The number of hydrogen-bond acceptors (Lipinski definition) is 2. The Morgan fingerprint density at radius 1 is 0.769 bits per heavy atom. The van der Waals surface area contributed by atoms with Crippen molar-refractivity contribution < 1.29 is 9.59 Å². The predicted molar refractivity (Wildman–Crippen MR) is 42.6 cm³/mol. The molecular weight excluding hydrogens is 164 g/mol. The molecule has 8 atom stereocenters. The van der Waals surface area contributed by atoms with Crippen LogP contribution in [0.2, 0.25) is 0 Å². The molecule has 0 saturated heterocycles. The van der Waals surface area contributed by atoms with Crippen LogP contribution in [0.15, 0.2) is 0 Å². The van der Waals surface area contributed by atoms with Gasteiger partial charge >= 0.3 is 0 Å². The first kappa shape index (κ1) is 5.94. The first-order valence-corrected chi connectivity index (χ1v) is 5.38. The van der Waals surface area contributed by atoms with Gasteiger partial charge in [0.25, 0.3) is 0 Å². The molecule has 0 aromatic heterocycles. The quantitative estimate of drug-likeness (QED) is 0.536. The highest BCUT2D eigenvalue weighted by molar-refractivity contribution is 6.06. The smallest absolute Gasteiger partial charge is 0.141 e. The van der Waals surface area contributed by atoms with Crippen molar-refractivity contribution in [2.45, 2.75) is 6.42 Å². The molecule has 0 heterocycles. The Kier molecular flexibility index (Phi) is 0.602. The lowest BCUT2D eigenvalue weighted by atomic mass is 9.59. The van der Waals surface area contributed by atoms with E-state index in [-0.39, 0.29) is 23.7 Å². The Labute approximate surface area is 75.7 Å². The summed E-state index contributed by atoms with van der Waals surface area (Å²) in [5.41, 5.74) is 0. The molecule has 2 heteroatoms. The van der Waals surface area contributed by atoms with Crippen LogP contribution in [0.1, 0.15) is 6.42 Å². The molecule has 0 aromatic rings. The van der Waals surface area contributed by atoms with Crippen molar-refractivity contribution in [2.24, 2.45) is 47.3 Å². The van der Waals surface area contributed by atoms with Gasteiger partial charge in [0.05, 0.1) is 0 Å².